The minimum atomic E-state index is -4.07. The zero-order chi connectivity index (χ0) is 18.0. The smallest absolute Gasteiger partial charge is 0.308 e. The standard InChI is InChI=1S/C15H18F2N4O3S.ClH/c1-18-9-11-10-21(25(22,23)20-5-7-24-8-6-20)14(13(11)16)12-3-2-4-19-15(12)17;/h2-4,10,18H,5-9H2,1H3;1H. The van der Waals surface area contributed by atoms with Gasteiger partial charge in [-0.15, -0.1) is 12.4 Å². The van der Waals surface area contributed by atoms with Crippen molar-refractivity contribution in [2.24, 2.45) is 0 Å². The highest BCUT2D eigenvalue weighted by Gasteiger charge is 2.32. The molecule has 1 aliphatic rings. The number of nitrogens with one attached hydrogen (secondary N) is 1. The van der Waals surface area contributed by atoms with Crippen LogP contribution in [-0.2, 0) is 21.5 Å². The molecule has 3 rings (SSSR count). The van der Waals surface area contributed by atoms with Gasteiger partial charge in [-0.05, 0) is 19.2 Å². The van der Waals surface area contributed by atoms with Gasteiger partial charge in [-0.3, -0.25) is 0 Å². The average molecular weight is 409 g/mol. The van der Waals surface area contributed by atoms with Crippen molar-refractivity contribution in [1.29, 1.82) is 0 Å². The Morgan fingerprint density at radius 3 is 2.62 bits per heavy atom. The molecule has 2 aromatic heterocycles. The molecule has 0 aliphatic carbocycles. The molecule has 1 N–H and O–H groups in total. The fourth-order valence-electron chi connectivity index (χ4n) is 2.71. The van der Waals surface area contributed by atoms with E-state index >= 15 is 0 Å². The van der Waals surface area contributed by atoms with Crippen molar-refractivity contribution in [2.75, 3.05) is 33.4 Å². The third-order valence-electron chi connectivity index (χ3n) is 3.91. The third kappa shape index (κ3) is 3.74. The summed E-state index contributed by atoms with van der Waals surface area (Å²) in [5, 5.41) is 2.77. The Labute approximate surface area is 156 Å². The molecule has 0 atom stereocenters. The highest BCUT2D eigenvalue weighted by Crippen LogP contribution is 2.30. The Morgan fingerprint density at radius 1 is 1.31 bits per heavy atom. The minimum absolute atomic E-state index is 0. The predicted molar refractivity (Wildman–Crippen MR) is 94.3 cm³/mol. The molecule has 0 spiro atoms. The summed E-state index contributed by atoms with van der Waals surface area (Å²) in [5.41, 5.74) is -0.445. The van der Waals surface area contributed by atoms with Crippen LogP contribution in [0.25, 0.3) is 11.3 Å². The molecule has 1 aliphatic heterocycles. The van der Waals surface area contributed by atoms with E-state index in [1.807, 2.05) is 0 Å². The van der Waals surface area contributed by atoms with Gasteiger partial charge in [-0.1, -0.05) is 0 Å². The molecule has 0 saturated carbocycles. The molecule has 1 saturated heterocycles. The summed E-state index contributed by atoms with van der Waals surface area (Å²) >= 11 is 0. The lowest BCUT2D eigenvalue weighted by atomic mass is 10.2. The van der Waals surface area contributed by atoms with Crippen LogP contribution in [-0.4, -0.2) is 55.0 Å². The second-order valence-electron chi connectivity index (χ2n) is 5.50. The molecule has 0 radical (unpaired) electrons. The topological polar surface area (TPSA) is 76.5 Å². The first-order valence-electron chi connectivity index (χ1n) is 7.70. The molecule has 3 heterocycles. The van der Waals surface area contributed by atoms with Crippen molar-refractivity contribution in [3.05, 3.63) is 41.9 Å². The lowest BCUT2D eigenvalue weighted by molar-refractivity contribution is 0.0726. The Morgan fingerprint density at radius 2 is 2.00 bits per heavy atom. The van der Waals surface area contributed by atoms with Crippen molar-refractivity contribution in [1.82, 2.24) is 18.6 Å². The normalized spacial score (nSPS) is 15.7. The number of morpholine rings is 1. The number of rotatable bonds is 5. The number of hydrogen-bond acceptors (Lipinski definition) is 5. The summed E-state index contributed by atoms with van der Waals surface area (Å²) in [4.78, 5) is 3.50. The van der Waals surface area contributed by atoms with Crippen molar-refractivity contribution >= 4 is 22.6 Å². The average Bonchev–Trinajstić information content (AvgIpc) is 2.94. The number of aromatic nitrogens is 2. The van der Waals surface area contributed by atoms with E-state index in [1.165, 1.54) is 28.8 Å². The molecule has 1 fully saturated rings. The molecule has 144 valence electrons. The summed E-state index contributed by atoms with van der Waals surface area (Å²) in [7, 11) is -2.46. The van der Waals surface area contributed by atoms with Gasteiger partial charge in [-0.2, -0.15) is 17.1 Å². The first-order valence-corrected chi connectivity index (χ1v) is 9.10. The lowest BCUT2D eigenvalue weighted by Crippen LogP contribution is -2.43. The molecule has 11 heteroatoms. The maximum atomic E-state index is 14.9. The van der Waals surface area contributed by atoms with Crippen molar-refractivity contribution in [3.8, 4) is 11.3 Å². The summed E-state index contributed by atoms with van der Waals surface area (Å²) in [5.74, 6) is -1.73. The van der Waals surface area contributed by atoms with E-state index in [2.05, 4.69) is 10.3 Å². The molecular formula is C15H19ClF2N4O3S. The van der Waals surface area contributed by atoms with Crippen LogP contribution >= 0.6 is 12.4 Å². The van der Waals surface area contributed by atoms with Gasteiger partial charge in [0.1, 0.15) is 5.69 Å². The van der Waals surface area contributed by atoms with E-state index < -0.39 is 22.0 Å². The molecule has 0 bridgehead atoms. The maximum Gasteiger partial charge on any atom is 0.308 e. The first-order chi connectivity index (χ1) is 12.0. The molecule has 0 amide bonds. The fourth-order valence-corrected chi connectivity index (χ4v) is 4.24. The second-order valence-corrected chi connectivity index (χ2v) is 7.31. The van der Waals surface area contributed by atoms with Crippen molar-refractivity contribution < 1.29 is 21.9 Å². The summed E-state index contributed by atoms with van der Waals surface area (Å²) < 4.78 is 62.1. The van der Waals surface area contributed by atoms with E-state index in [0.29, 0.717) is 0 Å². The van der Waals surface area contributed by atoms with E-state index in [4.69, 9.17) is 4.74 Å². The summed E-state index contributed by atoms with van der Waals surface area (Å²) in [6.45, 7) is 0.912. The first kappa shape index (κ1) is 20.7. The van der Waals surface area contributed by atoms with Crippen LogP contribution in [0, 0.1) is 11.8 Å². The zero-order valence-electron chi connectivity index (χ0n) is 14.0. The van der Waals surface area contributed by atoms with E-state index in [9.17, 15) is 17.2 Å². The molecule has 0 unspecified atom stereocenters. The van der Waals surface area contributed by atoms with E-state index in [1.54, 1.807) is 7.05 Å². The Hall–Kier alpha value is -1.59. The number of pyridine rings is 1. The summed E-state index contributed by atoms with van der Waals surface area (Å²) in [6, 6.07) is 2.73. The lowest BCUT2D eigenvalue weighted by Gasteiger charge is -2.27. The van der Waals surface area contributed by atoms with Crippen LogP contribution < -0.4 is 5.32 Å². The number of hydrogen-bond donors (Lipinski definition) is 1. The van der Waals surface area contributed by atoms with Crippen LogP contribution in [0.4, 0.5) is 8.78 Å². The maximum absolute atomic E-state index is 14.9. The van der Waals surface area contributed by atoms with Crippen LogP contribution in [0.5, 0.6) is 0 Å². The highest BCUT2D eigenvalue weighted by atomic mass is 35.5. The van der Waals surface area contributed by atoms with Crippen LogP contribution in [0.2, 0.25) is 0 Å². The Bertz CT molecular complexity index is 870. The summed E-state index contributed by atoms with van der Waals surface area (Å²) in [6.07, 6.45) is 2.40. The molecule has 26 heavy (non-hydrogen) atoms. The fraction of sp³-hybridized carbons (Fsp3) is 0.400. The van der Waals surface area contributed by atoms with Crippen LogP contribution in [0.3, 0.4) is 0 Å². The highest BCUT2D eigenvalue weighted by molar-refractivity contribution is 7.87. The minimum Gasteiger partial charge on any atom is -0.379 e. The molecule has 7 nitrogen and oxygen atoms in total. The van der Waals surface area contributed by atoms with Gasteiger partial charge in [0, 0.05) is 37.6 Å². The van der Waals surface area contributed by atoms with Gasteiger partial charge < -0.3 is 10.1 Å². The van der Waals surface area contributed by atoms with Crippen molar-refractivity contribution in [2.45, 2.75) is 6.54 Å². The quantitative estimate of drug-likeness (QED) is 0.757. The monoisotopic (exact) mass is 408 g/mol. The Kier molecular flexibility index (Phi) is 6.69. The predicted octanol–water partition coefficient (Wildman–Crippen LogP) is 1.39. The third-order valence-corrected chi connectivity index (χ3v) is 5.71. The van der Waals surface area contributed by atoms with Crippen molar-refractivity contribution in [3.63, 3.8) is 0 Å². The van der Waals surface area contributed by atoms with E-state index in [0.717, 1.165) is 3.97 Å². The van der Waals surface area contributed by atoms with Gasteiger partial charge >= 0.3 is 10.2 Å². The molecule has 2 aromatic rings. The largest absolute Gasteiger partial charge is 0.379 e. The van der Waals surface area contributed by atoms with Gasteiger partial charge in [0.25, 0.3) is 0 Å². The number of halogens is 3. The SMILES string of the molecule is CNCc1cn(S(=O)(=O)N2CCOCC2)c(-c2cccnc2F)c1F.Cl. The zero-order valence-corrected chi connectivity index (χ0v) is 15.6. The van der Waals surface area contributed by atoms with E-state index in [-0.39, 0.29) is 62.1 Å². The van der Waals surface area contributed by atoms with Crippen LogP contribution in [0.15, 0.2) is 24.5 Å². The number of ether oxygens (including phenoxy) is 1. The van der Waals surface area contributed by atoms with Crippen LogP contribution in [0.1, 0.15) is 5.56 Å². The van der Waals surface area contributed by atoms with Gasteiger partial charge in [0.2, 0.25) is 5.95 Å². The number of nitrogens with zero attached hydrogens (tertiary/aromatic N) is 3. The van der Waals surface area contributed by atoms with Gasteiger partial charge in [-0.25, -0.2) is 13.3 Å². The second kappa shape index (κ2) is 8.40. The van der Waals surface area contributed by atoms with Gasteiger partial charge in [0.15, 0.2) is 5.82 Å². The van der Waals surface area contributed by atoms with Gasteiger partial charge in [0.05, 0.1) is 18.8 Å². The Balaban J connectivity index is 0.00000243. The molecule has 0 aromatic carbocycles. The molecular weight excluding hydrogens is 390 g/mol.